The van der Waals surface area contributed by atoms with Crippen molar-refractivity contribution < 1.29 is 4.92 Å². The lowest BCUT2D eigenvalue weighted by molar-refractivity contribution is -0.384. The molecule has 0 saturated carbocycles. The summed E-state index contributed by atoms with van der Waals surface area (Å²) < 4.78 is 1.87. The molecule has 160 valence electrons. The molecular formula is C24H27N5O2. The fraction of sp³-hybridized carbons (Fsp3) is 0.292. The minimum atomic E-state index is -0.383. The smallest absolute Gasteiger partial charge is 0.271 e. The summed E-state index contributed by atoms with van der Waals surface area (Å²) in [6, 6.07) is 15.4. The Morgan fingerprint density at radius 2 is 1.77 bits per heavy atom. The molecule has 7 nitrogen and oxygen atoms in total. The zero-order valence-corrected chi connectivity index (χ0v) is 17.7. The lowest BCUT2D eigenvalue weighted by Crippen LogP contribution is -2.45. The number of aryl methyl sites for hydroxylation is 1. The number of aromatic nitrogens is 2. The lowest BCUT2D eigenvalue weighted by atomic mass is 10.2. The molecule has 0 N–H and O–H groups in total. The summed E-state index contributed by atoms with van der Waals surface area (Å²) in [5, 5.41) is 11.0. The third kappa shape index (κ3) is 5.25. The van der Waals surface area contributed by atoms with E-state index in [2.05, 4.69) is 51.2 Å². The van der Waals surface area contributed by atoms with Gasteiger partial charge < -0.3 is 4.57 Å². The minimum absolute atomic E-state index is 0.0785. The number of imidazole rings is 1. The van der Waals surface area contributed by atoms with E-state index in [9.17, 15) is 10.1 Å². The lowest BCUT2D eigenvalue weighted by Gasteiger charge is -2.34. The molecule has 0 spiro atoms. The number of nitrogens with zero attached hydrogens (tertiary/aromatic N) is 5. The van der Waals surface area contributed by atoms with Gasteiger partial charge in [-0.25, -0.2) is 4.98 Å². The van der Waals surface area contributed by atoms with Crippen LogP contribution in [0.2, 0.25) is 0 Å². The van der Waals surface area contributed by atoms with E-state index in [-0.39, 0.29) is 10.6 Å². The molecule has 0 bridgehead atoms. The summed E-state index contributed by atoms with van der Waals surface area (Å²) in [5.41, 5.74) is 2.96. The van der Waals surface area contributed by atoms with Crippen molar-refractivity contribution in [2.24, 2.45) is 7.05 Å². The van der Waals surface area contributed by atoms with Crippen LogP contribution in [0.15, 0.2) is 66.8 Å². The molecule has 1 fully saturated rings. The van der Waals surface area contributed by atoms with Gasteiger partial charge in [0.15, 0.2) is 0 Å². The molecular weight excluding hydrogens is 390 g/mol. The standard InChI is InChI=1S/C24H27N5O2/c1-26-23-18-21(29(30)31)11-12-22(23)25-24(26)10-6-3-7-13-27-14-16-28(17-15-27)19-20-8-4-2-5-9-20/h2-12,18H,13-17,19H2,1H3. The van der Waals surface area contributed by atoms with Crippen molar-refractivity contribution in [2.45, 2.75) is 6.54 Å². The molecule has 1 aliphatic rings. The molecule has 2 aromatic carbocycles. The van der Waals surface area contributed by atoms with Gasteiger partial charge in [-0.3, -0.25) is 19.9 Å². The average Bonchev–Trinajstić information content (AvgIpc) is 3.10. The Balaban J connectivity index is 1.27. The molecule has 0 unspecified atom stereocenters. The molecule has 7 heteroatoms. The van der Waals surface area contributed by atoms with Gasteiger partial charge in [-0.2, -0.15) is 0 Å². The average molecular weight is 418 g/mol. The summed E-state index contributed by atoms with van der Waals surface area (Å²) in [6.07, 6.45) is 8.11. The fourth-order valence-corrected chi connectivity index (χ4v) is 3.86. The molecule has 0 aliphatic carbocycles. The van der Waals surface area contributed by atoms with Crippen LogP contribution in [-0.2, 0) is 13.6 Å². The summed E-state index contributed by atoms with van der Waals surface area (Å²) in [4.78, 5) is 20.1. The van der Waals surface area contributed by atoms with E-state index >= 15 is 0 Å². The van der Waals surface area contributed by atoms with Crippen LogP contribution in [0.4, 0.5) is 5.69 Å². The predicted octanol–water partition coefficient (Wildman–Crippen LogP) is 3.87. The third-order valence-corrected chi connectivity index (χ3v) is 5.68. The number of piperazine rings is 1. The maximum atomic E-state index is 11.0. The van der Waals surface area contributed by atoms with E-state index in [1.807, 2.05) is 29.8 Å². The van der Waals surface area contributed by atoms with Gasteiger partial charge in [0, 0.05) is 58.4 Å². The first kappa shape index (κ1) is 21.0. The van der Waals surface area contributed by atoms with Gasteiger partial charge in [-0.15, -0.1) is 0 Å². The van der Waals surface area contributed by atoms with Gasteiger partial charge in [0.05, 0.1) is 16.0 Å². The quantitative estimate of drug-likeness (QED) is 0.332. The molecule has 0 amide bonds. The molecule has 1 aromatic heterocycles. The van der Waals surface area contributed by atoms with Crippen LogP contribution in [0.5, 0.6) is 0 Å². The second-order valence-corrected chi connectivity index (χ2v) is 7.81. The predicted molar refractivity (Wildman–Crippen MR) is 124 cm³/mol. The van der Waals surface area contributed by atoms with E-state index in [0.29, 0.717) is 0 Å². The van der Waals surface area contributed by atoms with Crippen LogP contribution < -0.4 is 0 Å². The van der Waals surface area contributed by atoms with Gasteiger partial charge in [-0.05, 0) is 17.7 Å². The number of nitro benzene ring substituents is 1. The number of fused-ring (bicyclic) bond motifs is 1. The Morgan fingerprint density at radius 1 is 1.03 bits per heavy atom. The summed E-state index contributed by atoms with van der Waals surface area (Å²) in [5.74, 6) is 0.773. The highest BCUT2D eigenvalue weighted by atomic mass is 16.6. The van der Waals surface area contributed by atoms with E-state index in [0.717, 1.165) is 56.1 Å². The van der Waals surface area contributed by atoms with Crippen LogP contribution in [-0.4, -0.2) is 57.0 Å². The molecule has 1 saturated heterocycles. The van der Waals surface area contributed by atoms with Crippen molar-refractivity contribution >= 4 is 22.8 Å². The Labute approximate surface area is 182 Å². The second-order valence-electron chi connectivity index (χ2n) is 7.81. The summed E-state index contributed by atoms with van der Waals surface area (Å²) in [7, 11) is 1.87. The van der Waals surface area contributed by atoms with Crippen LogP contribution in [0.1, 0.15) is 11.4 Å². The molecule has 1 aliphatic heterocycles. The monoisotopic (exact) mass is 417 g/mol. The highest BCUT2D eigenvalue weighted by molar-refractivity contribution is 5.80. The number of benzene rings is 2. The Hall–Kier alpha value is -3.29. The molecule has 4 rings (SSSR count). The normalized spacial score (nSPS) is 16.0. The van der Waals surface area contributed by atoms with E-state index in [1.165, 1.54) is 11.6 Å². The first-order valence-corrected chi connectivity index (χ1v) is 10.5. The first-order chi connectivity index (χ1) is 15.1. The van der Waals surface area contributed by atoms with Crippen molar-refractivity contribution in [2.75, 3.05) is 32.7 Å². The number of hydrogen-bond acceptors (Lipinski definition) is 5. The van der Waals surface area contributed by atoms with Gasteiger partial charge in [0.1, 0.15) is 5.82 Å². The van der Waals surface area contributed by atoms with Crippen molar-refractivity contribution in [3.05, 3.63) is 88.3 Å². The molecule has 0 radical (unpaired) electrons. The van der Waals surface area contributed by atoms with Crippen molar-refractivity contribution in [1.29, 1.82) is 0 Å². The number of non-ortho nitro benzene ring substituents is 1. The molecule has 3 aromatic rings. The topological polar surface area (TPSA) is 67.4 Å². The van der Waals surface area contributed by atoms with Crippen LogP contribution >= 0.6 is 0 Å². The van der Waals surface area contributed by atoms with Gasteiger partial charge in [0.2, 0.25) is 0 Å². The molecule has 2 heterocycles. The Kier molecular flexibility index (Phi) is 6.54. The van der Waals surface area contributed by atoms with Crippen molar-refractivity contribution in [3.8, 4) is 0 Å². The highest BCUT2D eigenvalue weighted by Gasteiger charge is 2.15. The first-order valence-electron chi connectivity index (χ1n) is 10.5. The maximum Gasteiger partial charge on any atom is 0.271 e. The van der Waals surface area contributed by atoms with Crippen molar-refractivity contribution in [1.82, 2.24) is 19.4 Å². The van der Waals surface area contributed by atoms with Crippen molar-refractivity contribution in [3.63, 3.8) is 0 Å². The second kappa shape index (κ2) is 9.68. The van der Waals surface area contributed by atoms with E-state index in [1.54, 1.807) is 12.1 Å². The number of allylic oxidation sites excluding steroid dienone is 2. The summed E-state index contributed by atoms with van der Waals surface area (Å²) in [6.45, 7) is 6.27. The van der Waals surface area contributed by atoms with Crippen LogP contribution in [0, 0.1) is 10.1 Å². The Bertz CT molecular complexity index is 1100. The van der Waals surface area contributed by atoms with Gasteiger partial charge in [0.25, 0.3) is 5.69 Å². The highest BCUT2D eigenvalue weighted by Crippen LogP contribution is 2.21. The Morgan fingerprint density at radius 3 is 2.52 bits per heavy atom. The van der Waals surface area contributed by atoms with Gasteiger partial charge >= 0.3 is 0 Å². The third-order valence-electron chi connectivity index (χ3n) is 5.68. The number of nitro groups is 1. The number of rotatable bonds is 7. The fourth-order valence-electron chi connectivity index (χ4n) is 3.86. The maximum absolute atomic E-state index is 11.0. The van der Waals surface area contributed by atoms with E-state index < -0.39 is 0 Å². The van der Waals surface area contributed by atoms with Crippen LogP contribution in [0.25, 0.3) is 17.1 Å². The largest absolute Gasteiger partial charge is 0.327 e. The SMILES string of the molecule is Cn1c(C=CC=CCN2CCN(Cc3ccccc3)CC2)nc2ccc([N+](=O)[O-])cc21. The molecule has 31 heavy (non-hydrogen) atoms. The van der Waals surface area contributed by atoms with Gasteiger partial charge in [-0.1, -0.05) is 48.6 Å². The van der Waals surface area contributed by atoms with Crippen LogP contribution in [0.3, 0.4) is 0 Å². The van der Waals surface area contributed by atoms with E-state index in [4.69, 9.17) is 0 Å². The zero-order valence-electron chi connectivity index (χ0n) is 17.7. The number of hydrogen-bond donors (Lipinski definition) is 0. The summed E-state index contributed by atoms with van der Waals surface area (Å²) >= 11 is 0. The minimum Gasteiger partial charge on any atom is -0.327 e. The molecule has 0 atom stereocenters. The zero-order chi connectivity index (χ0) is 21.6.